The monoisotopic (exact) mass is 326 g/mol. The fourth-order valence-electron chi connectivity index (χ4n) is 2.67. The van der Waals surface area contributed by atoms with Gasteiger partial charge in [-0.05, 0) is 25.7 Å². The van der Waals surface area contributed by atoms with E-state index < -0.39 is 10.0 Å². The molecule has 2 heterocycles. The Morgan fingerprint density at radius 3 is 2.64 bits per heavy atom. The van der Waals surface area contributed by atoms with E-state index in [9.17, 15) is 8.42 Å². The Hall–Kier alpha value is -1.41. The Bertz CT molecular complexity index is 631. The summed E-state index contributed by atoms with van der Waals surface area (Å²) in [5, 5.41) is -0.167. The number of sulfonamides is 1. The number of nitrogens with zero attached hydrogens (tertiary/aromatic N) is 4. The Kier molecular flexibility index (Phi) is 4.22. The van der Waals surface area contributed by atoms with E-state index >= 15 is 0 Å². The van der Waals surface area contributed by atoms with Gasteiger partial charge in [0.2, 0.25) is 10.0 Å². The van der Waals surface area contributed by atoms with E-state index in [-0.39, 0.29) is 11.4 Å². The molecule has 1 aromatic rings. The van der Waals surface area contributed by atoms with Crippen molar-refractivity contribution in [2.45, 2.75) is 37.0 Å². The fourth-order valence-corrected chi connectivity index (χ4v) is 4.59. The molecule has 0 N–H and O–H groups in total. The van der Waals surface area contributed by atoms with Gasteiger partial charge in [-0.15, -0.1) is 0 Å². The summed E-state index contributed by atoms with van der Waals surface area (Å²) in [6.07, 6.45) is 6.27. The quantitative estimate of drug-likeness (QED) is 0.799. The summed E-state index contributed by atoms with van der Waals surface area (Å²) in [4.78, 5) is 10.3. The summed E-state index contributed by atoms with van der Waals surface area (Å²) in [5.74, 6) is 1.12. The average Bonchev–Trinajstić information content (AvgIpc) is 3.33. The van der Waals surface area contributed by atoms with Crippen molar-refractivity contribution in [1.82, 2.24) is 14.3 Å². The topological polar surface area (TPSA) is 75.6 Å². The molecule has 7 nitrogen and oxygen atoms in total. The summed E-state index contributed by atoms with van der Waals surface area (Å²) in [7, 11) is 0.620. The molecule has 1 aromatic heterocycles. The third-order valence-electron chi connectivity index (χ3n) is 3.99. The fraction of sp³-hybridized carbons (Fsp3) is 0.714. The van der Waals surface area contributed by atoms with E-state index in [1.165, 1.54) is 0 Å². The first kappa shape index (κ1) is 15.5. The lowest BCUT2D eigenvalue weighted by Gasteiger charge is -2.32. The van der Waals surface area contributed by atoms with Crippen LogP contribution in [0.2, 0.25) is 0 Å². The molecule has 0 radical (unpaired) electrons. The van der Waals surface area contributed by atoms with E-state index in [2.05, 4.69) is 9.97 Å². The molecule has 1 saturated heterocycles. The second-order valence-corrected chi connectivity index (χ2v) is 8.28. The second kappa shape index (κ2) is 6.00. The van der Waals surface area contributed by atoms with Gasteiger partial charge in [0, 0.05) is 33.0 Å². The molecular weight excluding hydrogens is 304 g/mol. The van der Waals surface area contributed by atoms with Crippen LogP contribution in [0.25, 0.3) is 0 Å². The van der Waals surface area contributed by atoms with E-state index in [1.54, 1.807) is 16.7 Å². The molecule has 0 aromatic carbocycles. The van der Waals surface area contributed by atoms with E-state index in [1.807, 2.05) is 19.0 Å². The van der Waals surface area contributed by atoms with Gasteiger partial charge < -0.3 is 9.64 Å². The van der Waals surface area contributed by atoms with Gasteiger partial charge in [-0.1, -0.05) is 0 Å². The molecule has 8 heteroatoms. The lowest BCUT2D eigenvalue weighted by Crippen LogP contribution is -2.45. The molecule has 2 aliphatic rings. The third kappa shape index (κ3) is 3.17. The Morgan fingerprint density at radius 2 is 1.95 bits per heavy atom. The zero-order valence-corrected chi connectivity index (χ0v) is 13.8. The van der Waals surface area contributed by atoms with Crippen LogP contribution >= 0.6 is 0 Å². The van der Waals surface area contributed by atoms with Crippen LogP contribution in [0, 0.1) is 0 Å². The Balaban J connectivity index is 1.71. The molecule has 122 valence electrons. The summed E-state index contributed by atoms with van der Waals surface area (Å²) >= 11 is 0. The maximum Gasteiger partial charge on any atom is 0.257 e. The normalized spacial score (nSPS) is 23.3. The molecule has 0 spiro atoms. The molecule has 22 heavy (non-hydrogen) atoms. The van der Waals surface area contributed by atoms with Crippen LogP contribution in [0.5, 0.6) is 5.88 Å². The minimum absolute atomic E-state index is 0.167. The van der Waals surface area contributed by atoms with Crippen molar-refractivity contribution < 1.29 is 13.2 Å². The first-order valence-corrected chi connectivity index (χ1v) is 9.13. The lowest BCUT2D eigenvalue weighted by atomic mass is 10.1. The minimum Gasteiger partial charge on any atom is -0.470 e. The van der Waals surface area contributed by atoms with Crippen LogP contribution in [0.3, 0.4) is 0 Å². The average molecular weight is 326 g/mol. The van der Waals surface area contributed by atoms with Gasteiger partial charge >= 0.3 is 0 Å². The first-order valence-electron chi connectivity index (χ1n) is 7.62. The smallest absolute Gasteiger partial charge is 0.257 e. The predicted molar refractivity (Wildman–Crippen MR) is 83.5 cm³/mol. The highest BCUT2D eigenvalue weighted by molar-refractivity contribution is 7.90. The predicted octanol–water partition coefficient (Wildman–Crippen LogP) is 0.878. The molecule has 3 rings (SSSR count). The van der Waals surface area contributed by atoms with Crippen molar-refractivity contribution in [2.75, 3.05) is 32.1 Å². The number of piperidine rings is 1. The molecule has 0 amide bonds. The standard InChI is InChI=1S/C14H22N4O3S/c1-17(2)13-14(16-8-7-15-13)21-11-4-3-9-18(10-11)22(19,20)12-5-6-12/h7-8,11-12H,3-6,9-10H2,1-2H3. The van der Waals surface area contributed by atoms with Gasteiger partial charge in [-0.25, -0.2) is 18.4 Å². The summed E-state index contributed by atoms with van der Waals surface area (Å²) in [6.45, 7) is 1.00. The molecule has 1 aliphatic heterocycles. The van der Waals surface area contributed by atoms with E-state index in [0.29, 0.717) is 24.8 Å². The number of anilines is 1. The largest absolute Gasteiger partial charge is 0.470 e. The third-order valence-corrected chi connectivity index (χ3v) is 6.36. The summed E-state index contributed by atoms with van der Waals surface area (Å²) in [5.41, 5.74) is 0. The zero-order chi connectivity index (χ0) is 15.7. The van der Waals surface area contributed by atoms with Crippen molar-refractivity contribution in [3.05, 3.63) is 12.4 Å². The highest BCUT2D eigenvalue weighted by Gasteiger charge is 2.42. The summed E-state index contributed by atoms with van der Waals surface area (Å²) in [6, 6.07) is 0. The SMILES string of the molecule is CN(C)c1nccnc1OC1CCCN(S(=O)(=O)C2CC2)C1. The van der Waals surface area contributed by atoms with Crippen molar-refractivity contribution in [3.63, 3.8) is 0 Å². The number of aromatic nitrogens is 2. The molecule has 2 fully saturated rings. The highest BCUT2D eigenvalue weighted by atomic mass is 32.2. The Morgan fingerprint density at radius 1 is 1.23 bits per heavy atom. The van der Waals surface area contributed by atoms with Crippen LogP contribution in [-0.2, 0) is 10.0 Å². The molecule has 0 bridgehead atoms. The van der Waals surface area contributed by atoms with Crippen molar-refractivity contribution in [2.24, 2.45) is 0 Å². The Labute approximate surface area is 131 Å². The number of ether oxygens (including phenoxy) is 1. The number of hydrogen-bond donors (Lipinski definition) is 0. The number of hydrogen-bond acceptors (Lipinski definition) is 6. The first-order chi connectivity index (χ1) is 10.5. The number of rotatable bonds is 5. The van der Waals surface area contributed by atoms with Crippen LogP contribution in [0.15, 0.2) is 12.4 Å². The van der Waals surface area contributed by atoms with Crippen LogP contribution < -0.4 is 9.64 Å². The molecule has 1 aliphatic carbocycles. The summed E-state index contributed by atoms with van der Waals surface area (Å²) < 4.78 is 32.3. The van der Waals surface area contributed by atoms with Crippen molar-refractivity contribution >= 4 is 15.8 Å². The van der Waals surface area contributed by atoms with E-state index in [0.717, 1.165) is 25.7 Å². The molecular formula is C14H22N4O3S. The molecule has 1 atom stereocenters. The van der Waals surface area contributed by atoms with Gasteiger partial charge in [-0.2, -0.15) is 4.31 Å². The van der Waals surface area contributed by atoms with Crippen LogP contribution in [0.1, 0.15) is 25.7 Å². The lowest BCUT2D eigenvalue weighted by molar-refractivity contribution is 0.124. The maximum absolute atomic E-state index is 12.4. The van der Waals surface area contributed by atoms with Crippen molar-refractivity contribution in [1.29, 1.82) is 0 Å². The van der Waals surface area contributed by atoms with Gasteiger partial charge in [0.15, 0.2) is 5.82 Å². The van der Waals surface area contributed by atoms with Crippen LogP contribution in [0.4, 0.5) is 5.82 Å². The van der Waals surface area contributed by atoms with Gasteiger partial charge in [0.05, 0.1) is 11.8 Å². The minimum atomic E-state index is -3.13. The molecule has 1 saturated carbocycles. The van der Waals surface area contributed by atoms with E-state index in [4.69, 9.17) is 4.74 Å². The second-order valence-electron chi connectivity index (χ2n) is 6.06. The zero-order valence-electron chi connectivity index (χ0n) is 13.0. The molecule has 1 unspecified atom stereocenters. The van der Waals surface area contributed by atoms with Crippen LogP contribution in [-0.4, -0.2) is 61.2 Å². The van der Waals surface area contributed by atoms with Gasteiger partial charge in [0.25, 0.3) is 5.88 Å². The van der Waals surface area contributed by atoms with Crippen molar-refractivity contribution in [3.8, 4) is 5.88 Å². The maximum atomic E-state index is 12.4. The van der Waals surface area contributed by atoms with Gasteiger partial charge in [-0.3, -0.25) is 0 Å². The highest BCUT2D eigenvalue weighted by Crippen LogP contribution is 2.33. The van der Waals surface area contributed by atoms with Gasteiger partial charge in [0.1, 0.15) is 6.10 Å².